The van der Waals surface area contributed by atoms with E-state index in [1.807, 2.05) is 12.3 Å². The van der Waals surface area contributed by atoms with Gasteiger partial charge in [-0.1, -0.05) is 263 Å². The Labute approximate surface area is 571 Å². The van der Waals surface area contributed by atoms with Crippen molar-refractivity contribution < 1.29 is 25.8 Å². The number of ether oxygens (including phenoxy) is 1. The normalized spacial score (nSPS) is 12.8. The van der Waals surface area contributed by atoms with Crippen molar-refractivity contribution in [2.75, 3.05) is 4.90 Å². The standard InChI is InChI=1S/C88H76N5O.Pt/c1-85(2,3)58-42-43-89-81(50-58)93-77-40-22-19-34-74(77)82-79(92-75-38-20-17-32-70(75)71-33-18-21-39-76(71)92)52-64(53-80(82)93)94-63-27-23-26-62(51-63)90-54-91-83-65(57-44-55(45-59(48-57)86(4,5)6)56-46-60(87(7,8)9)49-61(47-56)88(10,11)12)35-24-36-72(83)68-30-15-13-28-66(68)67-29-14-16-31-69(67)73-37-25-41-78(90)84(73)91;/h13-50,52,54H,1-12H3;/q-3;. The van der Waals surface area contributed by atoms with Crippen LogP contribution in [0, 0.1) is 18.8 Å². The van der Waals surface area contributed by atoms with Gasteiger partial charge in [0.1, 0.15) is 5.82 Å². The monoisotopic (exact) mass is 1410 g/mol. The fourth-order valence-corrected chi connectivity index (χ4v) is 14.4. The molecule has 0 aliphatic carbocycles. The van der Waals surface area contributed by atoms with Crippen molar-refractivity contribution in [2.24, 2.45) is 0 Å². The largest absolute Gasteiger partial charge is 0.509 e. The maximum atomic E-state index is 7.29. The molecular formula is C88H76N5OPt-3. The van der Waals surface area contributed by atoms with Gasteiger partial charge >= 0.3 is 0 Å². The van der Waals surface area contributed by atoms with Crippen molar-refractivity contribution in [1.29, 1.82) is 0 Å². The molecule has 95 heavy (non-hydrogen) atoms. The zero-order valence-corrected chi connectivity index (χ0v) is 58.3. The second-order valence-electron chi connectivity index (χ2n) is 29.8. The zero-order valence-electron chi connectivity index (χ0n) is 56.1. The van der Waals surface area contributed by atoms with Gasteiger partial charge in [0.15, 0.2) is 0 Å². The maximum Gasteiger partial charge on any atom is 0.135 e. The van der Waals surface area contributed by atoms with E-state index in [0.29, 0.717) is 11.5 Å². The summed E-state index contributed by atoms with van der Waals surface area (Å²) in [6.45, 7) is 30.0. The number of benzene rings is 11. The number of pyridine rings is 1. The van der Waals surface area contributed by atoms with Crippen LogP contribution < -0.4 is 9.64 Å². The molecule has 0 saturated carbocycles. The number of aromatic nitrogens is 4. The average Bonchev–Trinajstić information content (AvgIpc) is 1.58. The van der Waals surface area contributed by atoms with E-state index >= 15 is 0 Å². The zero-order chi connectivity index (χ0) is 64.7. The molecule has 1 aliphatic heterocycles. The van der Waals surface area contributed by atoms with Gasteiger partial charge in [-0.05, 0) is 170 Å². The first-order chi connectivity index (χ1) is 45.1. The van der Waals surface area contributed by atoms with Crippen LogP contribution >= 0.6 is 0 Å². The Bertz CT molecular complexity index is 5610. The minimum Gasteiger partial charge on any atom is -0.509 e. The summed E-state index contributed by atoms with van der Waals surface area (Å²) in [5, 5.41) is 11.5. The molecule has 11 aromatic carbocycles. The molecule has 472 valence electrons. The van der Waals surface area contributed by atoms with E-state index in [1.165, 1.54) is 60.3 Å². The van der Waals surface area contributed by atoms with Gasteiger partial charge < -0.3 is 23.3 Å². The molecule has 0 N–H and O–H groups in total. The molecule has 16 rings (SSSR count). The molecule has 0 amide bonds. The molecule has 0 radical (unpaired) electrons. The van der Waals surface area contributed by atoms with Crippen LogP contribution in [0.5, 0.6) is 11.5 Å². The third kappa shape index (κ3) is 10.4. The molecule has 6 nitrogen and oxygen atoms in total. The van der Waals surface area contributed by atoms with E-state index in [0.717, 1.165) is 94.0 Å². The smallest absolute Gasteiger partial charge is 0.135 e. The van der Waals surface area contributed by atoms with Crippen molar-refractivity contribution in [1.82, 2.24) is 18.7 Å². The predicted octanol–water partition coefficient (Wildman–Crippen LogP) is 23.8. The third-order valence-electron chi connectivity index (χ3n) is 19.4. The van der Waals surface area contributed by atoms with Crippen molar-refractivity contribution in [2.45, 2.75) is 105 Å². The molecule has 0 atom stereocenters. The molecule has 0 fully saturated rings. The van der Waals surface area contributed by atoms with Crippen molar-refractivity contribution in [3.8, 4) is 45.3 Å². The average molecular weight is 1410 g/mol. The number of hydrogen-bond donors (Lipinski definition) is 0. The van der Waals surface area contributed by atoms with Gasteiger partial charge in [-0.3, -0.25) is 0 Å². The quantitative estimate of drug-likeness (QED) is 0.149. The van der Waals surface area contributed by atoms with Crippen molar-refractivity contribution in [3.05, 3.63) is 278 Å². The summed E-state index contributed by atoms with van der Waals surface area (Å²) in [5.74, 6) is 1.93. The molecule has 0 bridgehead atoms. The van der Waals surface area contributed by atoms with Crippen LogP contribution in [0.25, 0.3) is 121 Å². The van der Waals surface area contributed by atoms with Gasteiger partial charge in [0.05, 0.1) is 11.0 Å². The fraction of sp³-hybridized carbons (Fsp3) is 0.182. The number of nitrogens with zero attached hydrogens (tertiary/aromatic N) is 5. The summed E-state index contributed by atoms with van der Waals surface area (Å²) in [6, 6.07) is 92.7. The molecule has 7 heteroatoms. The minimum atomic E-state index is -0.156. The third-order valence-corrected chi connectivity index (χ3v) is 19.4. The fourth-order valence-electron chi connectivity index (χ4n) is 14.4. The van der Waals surface area contributed by atoms with Crippen LogP contribution in [0.1, 0.15) is 105 Å². The van der Waals surface area contributed by atoms with Crippen LogP contribution in [-0.4, -0.2) is 18.7 Å². The Morgan fingerprint density at radius 2 is 0.842 bits per heavy atom. The molecule has 0 saturated heterocycles. The van der Waals surface area contributed by atoms with Gasteiger partial charge in [0, 0.05) is 60.7 Å². The summed E-state index contributed by atoms with van der Waals surface area (Å²) in [6.07, 6.45) is 1.93. The number of anilines is 2. The first kappa shape index (κ1) is 61.3. The van der Waals surface area contributed by atoms with E-state index in [4.69, 9.17) is 9.72 Å². The summed E-state index contributed by atoms with van der Waals surface area (Å²) in [7, 11) is 0. The minimum absolute atomic E-state index is 0. The van der Waals surface area contributed by atoms with Crippen molar-refractivity contribution in [3.63, 3.8) is 0 Å². The van der Waals surface area contributed by atoms with Gasteiger partial charge in [0.25, 0.3) is 0 Å². The summed E-state index contributed by atoms with van der Waals surface area (Å²) >= 11 is 0. The Morgan fingerprint density at radius 3 is 1.43 bits per heavy atom. The number of rotatable bonds is 7. The Balaban J connectivity index is 0.00000743. The Kier molecular flexibility index (Phi) is 14.6. The van der Waals surface area contributed by atoms with Crippen LogP contribution in [0.2, 0.25) is 0 Å². The second kappa shape index (κ2) is 22.7. The Hall–Kier alpha value is -9.87. The van der Waals surface area contributed by atoms with Crippen LogP contribution in [0.15, 0.2) is 237 Å². The SMILES string of the molecule is CC(C)(C)c1cc(-c2cc(C(C)(C)C)cc(C(C)(C)C)c2)cc(-c2cccc3c4ccccc4c4ccccc4c4cccc5c4n(c23)[CH-]N5c2[c-]c(Oc3[c-]c4c(c(-n5c6ccccc6c6ccccc65)c3)c3ccccc3n4-c3cc(C(C)(C)C)ccn3)ccc2)c1.[Pt]. The van der Waals surface area contributed by atoms with E-state index < -0.39 is 0 Å². The van der Waals surface area contributed by atoms with Gasteiger partial charge in [-0.25, -0.2) is 4.98 Å². The first-order valence-electron chi connectivity index (χ1n) is 33.0. The van der Waals surface area contributed by atoms with E-state index in [1.54, 1.807) is 0 Å². The van der Waals surface area contributed by atoms with Crippen LogP contribution in [0.3, 0.4) is 0 Å². The van der Waals surface area contributed by atoms with Crippen molar-refractivity contribution >= 4 is 98.3 Å². The number of para-hydroxylation sites is 5. The van der Waals surface area contributed by atoms with E-state index in [9.17, 15) is 0 Å². The van der Waals surface area contributed by atoms with Crippen LogP contribution in [-0.2, 0) is 42.7 Å². The number of hydrogen-bond acceptors (Lipinski definition) is 3. The Morgan fingerprint density at radius 1 is 0.368 bits per heavy atom. The molecule has 0 unspecified atom stereocenters. The maximum absolute atomic E-state index is 7.29. The number of fused-ring (bicyclic) bond motifs is 13. The van der Waals surface area contributed by atoms with E-state index in [2.05, 4.69) is 345 Å². The van der Waals surface area contributed by atoms with Gasteiger partial charge in [0.2, 0.25) is 0 Å². The summed E-state index contributed by atoms with van der Waals surface area (Å²) in [4.78, 5) is 7.40. The second-order valence-corrected chi connectivity index (χ2v) is 29.8. The van der Waals surface area contributed by atoms with Gasteiger partial charge in [-0.15, -0.1) is 30.3 Å². The first-order valence-corrected chi connectivity index (χ1v) is 33.0. The molecule has 0 spiro atoms. The molecule has 1 aliphatic rings. The molecule has 15 aromatic rings. The molecule has 4 aromatic heterocycles. The predicted molar refractivity (Wildman–Crippen MR) is 397 cm³/mol. The summed E-state index contributed by atoms with van der Waals surface area (Å²) < 4.78 is 14.4. The van der Waals surface area contributed by atoms with Crippen LogP contribution in [0.4, 0.5) is 11.4 Å². The molecular weight excluding hydrogens is 1340 g/mol. The van der Waals surface area contributed by atoms with E-state index in [-0.39, 0.29) is 42.7 Å². The summed E-state index contributed by atoms with van der Waals surface area (Å²) in [5.41, 5.74) is 18.6. The topological polar surface area (TPSA) is 40.1 Å². The van der Waals surface area contributed by atoms with Gasteiger partial charge in [-0.2, -0.15) is 6.07 Å². The molecule has 5 heterocycles.